The normalized spacial score (nSPS) is 11.6. The highest BCUT2D eigenvalue weighted by Gasteiger charge is 2.17. The van der Waals surface area contributed by atoms with E-state index in [0.29, 0.717) is 5.82 Å². The summed E-state index contributed by atoms with van der Waals surface area (Å²) in [5.74, 6) is 0.689. The molecule has 0 saturated heterocycles. The molecular weight excluding hydrogens is 741 g/mol. The summed E-state index contributed by atoms with van der Waals surface area (Å²) in [7, 11) is 0. The lowest BCUT2D eigenvalue weighted by atomic mass is 9.91. The molecule has 9 aromatic carbocycles. The number of fused-ring (bicyclic) bond motifs is 9. The van der Waals surface area contributed by atoms with Crippen LogP contribution < -0.4 is 0 Å². The summed E-state index contributed by atoms with van der Waals surface area (Å²) in [6, 6.07) is 73.8. The highest BCUT2D eigenvalue weighted by Crippen LogP contribution is 2.42. The van der Waals surface area contributed by atoms with E-state index in [1.54, 1.807) is 6.20 Å². The molecule has 0 unspecified atom stereocenters. The monoisotopic (exact) mass is 776 g/mol. The first-order valence-corrected chi connectivity index (χ1v) is 20.7. The minimum Gasteiger partial charge on any atom is -0.309 e. The van der Waals surface area contributed by atoms with Crippen molar-refractivity contribution in [3.8, 4) is 61.8 Å². The van der Waals surface area contributed by atoms with E-state index < -0.39 is 0 Å². The van der Waals surface area contributed by atoms with Gasteiger partial charge in [0.25, 0.3) is 0 Å². The summed E-state index contributed by atoms with van der Waals surface area (Å²) < 4.78 is 2.40. The third kappa shape index (κ3) is 5.96. The first kappa shape index (κ1) is 34.8. The van der Waals surface area contributed by atoms with E-state index in [4.69, 9.17) is 9.97 Å². The second-order valence-electron chi connectivity index (χ2n) is 15.6. The van der Waals surface area contributed by atoms with Gasteiger partial charge in [-0.05, 0) is 103 Å². The Bertz CT molecular complexity index is 3600. The van der Waals surface area contributed by atoms with Crippen molar-refractivity contribution >= 4 is 54.1 Å². The maximum atomic E-state index is 5.14. The summed E-state index contributed by atoms with van der Waals surface area (Å²) in [5, 5.41) is 10.0. The molecule has 0 N–H and O–H groups in total. The van der Waals surface area contributed by atoms with E-state index in [2.05, 4.69) is 204 Å². The van der Waals surface area contributed by atoms with Crippen LogP contribution in [0.3, 0.4) is 0 Å². The van der Waals surface area contributed by atoms with Crippen LogP contribution in [0.15, 0.2) is 219 Å². The summed E-state index contributed by atoms with van der Waals surface area (Å²) in [6.07, 6.45) is 3.68. The number of rotatable bonds is 6. The largest absolute Gasteiger partial charge is 0.309 e. The quantitative estimate of drug-likeness (QED) is 0.158. The molecule has 284 valence electrons. The van der Waals surface area contributed by atoms with Crippen LogP contribution in [-0.2, 0) is 0 Å². The van der Waals surface area contributed by atoms with Gasteiger partial charge in [-0.15, -0.1) is 0 Å². The third-order valence-electron chi connectivity index (χ3n) is 12.1. The Morgan fingerprint density at radius 2 is 0.820 bits per heavy atom. The minimum atomic E-state index is 0.689. The highest BCUT2D eigenvalue weighted by atomic mass is 15.0. The van der Waals surface area contributed by atoms with Crippen LogP contribution >= 0.6 is 0 Å². The molecule has 3 heterocycles. The lowest BCUT2D eigenvalue weighted by Gasteiger charge is -2.14. The lowest BCUT2D eigenvalue weighted by molar-refractivity contribution is 1.18. The highest BCUT2D eigenvalue weighted by molar-refractivity contribution is 6.29. The Balaban J connectivity index is 0.962. The van der Waals surface area contributed by atoms with Crippen molar-refractivity contribution in [1.29, 1.82) is 0 Å². The van der Waals surface area contributed by atoms with Crippen LogP contribution in [0.5, 0.6) is 0 Å². The van der Waals surface area contributed by atoms with Gasteiger partial charge < -0.3 is 4.57 Å². The molecule has 0 amide bonds. The molecule has 0 bridgehead atoms. The van der Waals surface area contributed by atoms with Gasteiger partial charge in [-0.25, -0.2) is 9.97 Å². The number of nitrogens with zero attached hydrogens (tertiary/aromatic N) is 4. The summed E-state index contributed by atoms with van der Waals surface area (Å²) in [6.45, 7) is 0. The number of pyridine rings is 1. The second-order valence-corrected chi connectivity index (χ2v) is 15.6. The Hall–Kier alpha value is -8.21. The van der Waals surface area contributed by atoms with Gasteiger partial charge in [0.1, 0.15) is 0 Å². The van der Waals surface area contributed by atoms with Crippen molar-refractivity contribution in [1.82, 2.24) is 19.5 Å². The topological polar surface area (TPSA) is 43.6 Å². The fourth-order valence-corrected chi connectivity index (χ4v) is 9.11. The number of para-hydroxylation sites is 2. The van der Waals surface area contributed by atoms with Gasteiger partial charge in [-0.2, -0.15) is 0 Å². The predicted molar refractivity (Wildman–Crippen MR) is 254 cm³/mol. The van der Waals surface area contributed by atoms with Crippen LogP contribution in [0, 0.1) is 0 Å². The van der Waals surface area contributed by atoms with Crippen molar-refractivity contribution < 1.29 is 0 Å². The third-order valence-corrected chi connectivity index (χ3v) is 12.1. The Morgan fingerprint density at radius 1 is 0.295 bits per heavy atom. The van der Waals surface area contributed by atoms with E-state index in [1.165, 1.54) is 59.7 Å². The lowest BCUT2D eigenvalue weighted by Crippen LogP contribution is -1.96. The summed E-state index contributed by atoms with van der Waals surface area (Å²) in [4.78, 5) is 14.5. The Morgan fingerprint density at radius 3 is 1.52 bits per heavy atom. The van der Waals surface area contributed by atoms with Crippen LogP contribution in [0.1, 0.15) is 0 Å². The first-order valence-electron chi connectivity index (χ1n) is 20.7. The minimum absolute atomic E-state index is 0.689. The van der Waals surface area contributed by atoms with Gasteiger partial charge in [0.2, 0.25) is 0 Å². The molecule has 61 heavy (non-hydrogen) atoms. The van der Waals surface area contributed by atoms with Gasteiger partial charge in [0.15, 0.2) is 5.82 Å². The van der Waals surface area contributed by atoms with Crippen molar-refractivity contribution in [3.63, 3.8) is 0 Å². The van der Waals surface area contributed by atoms with Crippen LogP contribution in [-0.4, -0.2) is 19.5 Å². The van der Waals surface area contributed by atoms with Crippen molar-refractivity contribution in [2.24, 2.45) is 0 Å². The second kappa shape index (κ2) is 14.3. The molecule has 0 radical (unpaired) electrons. The molecule has 0 aliphatic rings. The molecule has 0 aliphatic carbocycles. The predicted octanol–water partition coefficient (Wildman–Crippen LogP) is 14.8. The molecule has 12 aromatic rings. The zero-order chi connectivity index (χ0) is 40.3. The average Bonchev–Trinajstić information content (AvgIpc) is 3.67. The fraction of sp³-hybridized carbons (Fsp3) is 0. The SMILES string of the molecule is c1ccc(-c2cc(-c3ccc(-c4ccc5c(c4)c4ccccc4c4cc6c(cc54)c4ccccc4n6-c4ccccc4)cc3)nc(-c3ccc(-c4cccnc4)cc3)n2)cc1. The molecule has 12 rings (SSSR count). The molecule has 0 atom stereocenters. The maximum Gasteiger partial charge on any atom is 0.160 e. The van der Waals surface area contributed by atoms with Crippen LogP contribution in [0.25, 0.3) is 116 Å². The average molecular weight is 777 g/mol. The van der Waals surface area contributed by atoms with Gasteiger partial charge in [-0.1, -0.05) is 158 Å². The standard InChI is InChI=1S/C57H36N4/c1-3-12-39(13-4-1)53-35-54(60-57(59-53)41-27-23-38(24-28-41)43-14-11-31-58-36-43)40-25-21-37(22-26-40)42-29-30-47-49(32-42)45-17-7-8-18-46(45)51-34-56-52(33-50(47)51)48-19-9-10-20-55(48)61(56)44-15-5-2-6-16-44/h1-36H. The Kier molecular flexibility index (Phi) is 8.13. The molecule has 4 heteroatoms. The number of benzene rings is 9. The zero-order valence-corrected chi connectivity index (χ0v) is 33.1. The molecule has 0 spiro atoms. The number of aromatic nitrogens is 4. The fourth-order valence-electron chi connectivity index (χ4n) is 9.11. The molecule has 0 fully saturated rings. The molecule has 3 aromatic heterocycles. The van der Waals surface area contributed by atoms with Gasteiger partial charge >= 0.3 is 0 Å². The number of hydrogen-bond acceptors (Lipinski definition) is 3. The van der Waals surface area contributed by atoms with E-state index in [1.807, 2.05) is 18.3 Å². The van der Waals surface area contributed by atoms with E-state index in [-0.39, 0.29) is 0 Å². The first-order chi connectivity index (χ1) is 30.2. The number of hydrogen-bond donors (Lipinski definition) is 0. The van der Waals surface area contributed by atoms with Crippen molar-refractivity contribution in [2.45, 2.75) is 0 Å². The zero-order valence-electron chi connectivity index (χ0n) is 33.1. The molecule has 0 aliphatic heterocycles. The smallest absolute Gasteiger partial charge is 0.160 e. The van der Waals surface area contributed by atoms with Gasteiger partial charge in [0, 0.05) is 45.5 Å². The van der Waals surface area contributed by atoms with Gasteiger partial charge in [-0.3, -0.25) is 4.98 Å². The van der Waals surface area contributed by atoms with Crippen LogP contribution in [0.4, 0.5) is 0 Å². The van der Waals surface area contributed by atoms with Gasteiger partial charge in [0.05, 0.1) is 22.4 Å². The van der Waals surface area contributed by atoms with E-state index in [0.717, 1.165) is 50.5 Å². The molecular formula is C57H36N4. The van der Waals surface area contributed by atoms with Crippen molar-refractivity contribution in [2.75, 3.05) is 0 Å². The van der Waals surface area contributed by atoms with E-state index >= 15 is 0 Å². The van der Waals surface area contributed by atoms with E-state index in [9.17, 15) is 0 Å². The summed E-state index contributed by atoms with van der Waals surface area (Å²) >= 11 is 0. The Labute approximate surface area is 352 Å². The summed E-state index contributed by atoms with van der Waals surface area (Å²) in [5.41, 5.74) is 12.9. The van der Waals surface area contributed by atoms with Crippen LogP contribution in [0.2, 0.25) is 0 Å². The maximum absolute atomic E-state index is 5.14. The van der Waals surface area contributed by atoms with Crippen molar-refractivity contribution in [3.05, 3.63) is 219 Å². The molecule has 4 nitrogen and oxygen atoms in total. The molecule has 0 saturated carbocycles.